The van der Waals surface area contributed by atoms with Crippen molar-refractivity contribution in [3.05, 3.63) is 33.3 Å². The Hall–Kier alpha value is -0.570. The minimum absolute atomic E-state index is 0.0693. The van der Waals surface area contributed by atoms with Crippen LogP contribution in [0.3, 0.4) is 0 Å². The van der Waals surface area contributed by atoms with Gasteiger partial charge in [-0.2, -0.15) is 0 Å². The second kappa shape index (κ2) is 3.29. The van der Waals surface area contributed by atoms with Gasteiger partial charge in [0.05, 0.1) is 16.6 Å². The molecule has 2 rings (SSSR count). The standard InChI is InChI=1S/C9H7Cl2NO/c10-7-1-5-3-12-4-9(13)6(5)2-8(7)11/h1-2,12H,3-4H2. The number of hydrogen-bond acceptors (Lipinski definition) is 2. The molecule has 4 heteroatoms. The molecule has 1 aromatic rings. The van der Waals surface area contributed by atoms with Crippen LogP contribution in [-0.4, -0.2) is 12.3 Å². The van der Waals surface area contributed by atoms with E-state index >= 15 is 0 Å². The van der Waals surface area contributed by atoms with Crippen LogP contribution in [0.2, 0.25) is 10.0 Å². The molecule has 0 fully saturated rings. The summed E-state index contributed by atoms with van der Waals surface area (Å²) >= 11 is 11.6. The van der Waals surface area contributed by atoms with Gasteiger partial charge in [0.1, 0.15) is 0 Å². The van der Waals surface area contributed by atoms with Crippen molar-refractivity contribution in [3.63, 3.8) is 0 Å². The Balaban J connectivity index is 2.58. The van der Waals surface area contributed by atoms with Crippen molar-refractivity contribution in [2.45, 2.75) is 6.54 Å². The average molecular weight is 216 g/mol. The number of halogens is 2. The largest absolute Gasteiger partial charge is 0.306 e. The van der Waals surface area contributed by atoms with Gasteiger partial charge in [-0.15, -0.1) is 0 Å². The Morgan fingerprint density at radius 1 is 1.15 bits per heavy atom. The summed E-state index contributed by atoms with van der Waals surface area (Å²) in [5.74, 6) is 0.0693. The second-order valence-corrected chi connectivity index (χ2v) is 3.76. The first-order chi connectivity index (χ1) is 6.18. The van der Waals surface area contributed by atoms with E-state index in [0.717, 1.165) is 5.56 Å². The number of hydrogen-bond donors (Lipinski definition) is 1. The molecule has 0 bridgehead atoms. The van der Waals surface area contributed by atoms with Gasteiger partial charge in [0, 0.05) is 12.1 Å². The number of carbonyl (C=O) groups excluding carboxylic acids is 1. The van der Waals surface area contributed by atoms with Crippen LogP contribution in [0.15, 0.2) is 12.1 Å². The Morgan fingerprint density at radius 2 is 1.85 bits per heavy atom. The first-order valence-electron chi connectivity index (χ1n) is 3.90. The van der Waals surface area contributed by atoms with Gasteiger partial charge in [-0.25, -0.2) is 0 Å². The number of Topliss-reactive ketones (excluding diaryl/α,β-unsaturated/α-hetero) is 1. The molecule has 0 aliphatic carbocycles. The highest BCUT2D eigenvalue weighted by Gasteiger charge is 2.17. The normalized spacial score (nSPS) is 15.7. The van der Waals surface area contributed by atoms with Crippen molar-refractivity contribution >= 4 is 29.0 Å². The van der Waals surface area contributed by atoms with Crippen molar-refractivity contribution in [1.82, 2.24) is 5.32 Å². The molecular formula is C9H7Cl2NO. The lowest BCUT2D eigenvalue weighted by molar-refractivity contribution is 0.0982. The number of ketones is 1. The first-order valence-corrected chi connectivity index (χ1v) is 4.66. The van der Waals surface area contributed by atoms with Crippen molar-refractivity contribution in [2.24, 2.45) is 0 Å². The molecule has 1 aromatic carbocycles. The minimum Gasteiger partial charge on any atom is -0.306 e. The van der Waals surface area contributed by atoms with Crippen LogP contribution in [0, 0.1) is 0 Å². The van der Waals surface area contributed by atoms with E-state index in [1.807, 2.05) is 0 Å². The fraction of sp³-hybridized carbons (Fsp3) is 0.222. The molecule has 0 amide bonds. The van der Waals surface area contributed by atoms with Gasteiger partial charge in [-0.3, -0.25) is 4.79 Å². The van der Waals surface area contributed by atoms with Crippen molar-refractivity contribution in [3.8, 4) is 0 Å². The van der Waals surface area contributed by atoms with Gasteiger partial charge in [0.2, 0.25) is 0 Å². The molecule has 0 spiro atoms. The quantitative estimate of drug-likeness (QED) is 0.720. The zero-order valence-electron chi connectivity index (χ0n) is 6.73. The van der Waals surface area contributed by atoms with E-state index in [1.165, 1.54) is 0 Å². The summed E-state index contributed by atoms with van der Waals surface area (Å²) in [5.41, 5.74) is 1.61. The Labute approximate surface area is 85.8 Å². The third-order valence-corrected chi connectivity index (χ3v) is 2.77. The van der Waals surface area contributed by atoms with E-state index in [9.17, 15) is 4.79 Å². The van der Waals surface area contributed by atoms with Crippen LogP contribution in [0.1, 0.15) is 15.9 Å². The smallest absolute Gasteiger partial charge is 0.176 e. The molecule has 1 aliphatic heterocycles. The lowest BCUT2D eigenvalue weighted by Gasteiger charge is -2.16. The summed E-state index contributed by atoms with van der Waals surface area (Å²) in [6, 6.07) is 3.38. The first kappa shape index (κ1) is 9.00. The number of fused-ring (bicyclic) bond motifs is 1. The van der Waals surface area contributed by atoms with Gasteiger partial charge in [0.15, 0.2) is 5.78 Å². The maximum absolute atomic E-state index is 11.4. The summed E-state index contributed by atoms with van der Waals surface area (Å²) in [4.78, 5) is 11.4. The monoisotopic (exact) mass is 215 g/mol. The molecule has 1 aliphatic rings. The van der Waals surface area contributed by atoms with E-state index in [-0.39, 0.29) is 5.78 Å². The topological polar surface area (TPSA) is 29.1 Å². The molecule has 2 nitrogen and oxygen atoms in total. The second-order valence-electron chi connectivity index (χ2n) is 2.95. The fourth-order valence-electron chi connectivity index (χ4n) is 1.40. The Bertz CT molecular complexity index is 376. The lowest BCUT2D eigenvalue weighted by Crippen LogP contribution is -2.29. The van der Waals surface area contributed by atoms with Gasteiger partial charge >= 0.3 is 0 Å². The molecule has 1 N–H and O–H groups in total. The van der Waals surface area contributed by atoms with E-state index in [0.29, 0.717) is 28.7 Å². The third-order valence-electron chi connectivity index (χ3n) is 2.05. The van der Waals surface area contributed by atoms with Crippen LogP contribution < -0.4 is 5.32 Å². The summed E-state index contributed by atoms with van der Waals surface area (Å²) in [7, 11) is 0. The zero-order chi connectivity index (χ0) is 9.42. The van der Waals surface area contributed by atoms with E-state index in [4.69, 9.17) is 23.2 Å². The van der Waals surface area contributed by atoms with E-state index in [2.05, 4.69) is 5.32 Å². The van der Waals surface area contributed by atoms with Crippen LogP contribution in [0.25, 0.3) is 0 Å². The minimum atomic E-state index is 0.0693. The van der Waals surface area contributed by atoms with Crippen LogP contribution >= 0.6 is 23.2 Å². The van der Waals surface area contributed by atoms with E-state index in [1.54, 1.807) is 12.1 Å². The Kier molecular flexibility index (Phi) is 2.28. The summed E-state index contributed by atoms with van der Waals surface area (Å²) in [6.45, 7) is 1.06. The van der Waals surface area contributed by atoms with Crippen molar-refractivity contribution < 1.29 is 4.79 Å². The van der Waals surface area contributed by atoms with Gasteiger partial charge in [0.25, 0.3) is 0 Å². The molecule has 0 atom stereocenters. The number of rotatable bonds is 0. The maximum Gasteiger partial charge on any atom is 0.176 e. The third kappa shape index (κ3) is 1.57. The molecule has 0 unspecified atom stereocenters. The predicted octanol–water partition coefficient (Wildman–Crippen LogP) is 2.28. The number of benzene rings is 1. The highest BCUT2D eigenvalue weighted by molar-refractivity contribution is 6.42. The molecule has 13 heavy (non-hydrogen) atoms. The molecule has 68 valence electrons. The molecule has 0 aromatic heterocycles. The molecule has 0 saturated heterocycles. The van der Waals surface area contributed by atoms with Crippen molar-refractivity contribution in [2.75, 3.05) is 6.54 Å². The molecular weight excluding hydrogens is 209 g/mol. The van der Waals surface area contributed by atoms with Crippen LogP contribution in [0.5, 0.6) is 0 Å². The zero-order valence-corrected chi connectivity index (χ0v) is 8.24. The maximum atomic E-state index is 11.4. The fourth-order valence-corrected chi connectivity index (χ4v) is 1.75. The lowest BCUT2D eigenvalue weighted by atomic mass is 10.0. The summed E-state index contributed by atoms with van der Waals surface area (Å²) in [5, 5.41) is 3.92. The van der Waals surface area contributed by atoms with Crippen LogP contribution in [0.4, 0.5) is 0 Å². The molecule has 0 radical (unpaired) electrons. The Morgan fingerprint density at radius 3 is 2.62 bits per heavy atom. The highest BCUT2D eigenvalue weighted by Crippen LogP contribution is 2.27. The van der Waals surface area contributed by atoms with Gasteiger partial charge in [-0.1, -0.05) is 23.2 Å². The van der Waals surface area contributed by atoms with Crippen molar-refractivity contribution in [1.29, 1.82) is 0 Å². The highest BCUT2D eigenvalue weighted by atomic mass is 35.5. The molecule has 1 heterocycles. The van der Waals surface area contributed by atoms with E-state index < -0.39 is 0 Å². The summed E-state index contributed by atoms with van der Waals surface area (Å²) < 4.78 is 0. The number of carbonyl (C=O) groups is 1. The number of nitrogens with one attached hydrogen (secondary N) is 1. The average Bonchev–Trinajstić information content (AvgIpc) is 2.09. The van der Waals surface area contributed by atoms with Crippen LogP contribution in [-0.2, 0) is 6.54 Å². The predicted molar refractivity (Wildman–Crippen MR) is 52.5 cm³/mol. The molecule has 0 saturated carbocycles. The van der Waals surface area contributed by atoms with Gasteiger partial charge in [-0.05, 0) is 17.7 Å². The summed E-state index contributed by atoms with van der Waals surface area (Å²) in [6.07, 6.45) is 0. The SMILES string of the molecule is O=C1CNCc2cc(Cl)c(Cl)cc21. The van der Waals surface area contributed by atoms with Gasteiger partial charge < -0.3 is 5.32 Å².